The molecule has 0 spiro atoms. The van der Waals surface area contributed by atoms with E-state index in [1.165, 1.54) is 4.90 Å². The summed E-state index contributed by atoms with van der Waals surface area (Å²) < 4.78 is 5.32. The van der Waals surface area contributed by atoms with E-state index in [1.54, 1.807) is 20.8 Å². The van der Waals surface area contributed by atoms with Crippen molar-refractivity contribution in [2.24, 2.45) is 0 Å². The van der Waals surface area contributed by atoms with Gasteiger partial charge in [-0.1, -0.05) is 12.8 Å². The van der Waals surface area contributed by atoms with Crippen LogP contribution in [0.2, 0.25) is 0 Å². The van der Waals surface area contributed by atoms with Gasteiger partial charge in [0, 0.05) is 6.54 Å². The minimum Gasteiger partial charge on any atom is -0.444 e. The Hall–Kier alpha value is -1.50. The zero-order valence-electron chi connectivity index (χ0n) is 11.4. The van der Waals surface area contributed by atoms with Crippen LogP contribution in [0.15, 0.2) is 0 Å². The Morgan fingerprint density at radius 2 is 1.94 bits per heavy atom. The molecule has 0 saturated carbocycles. The molecule has 1 unspecified atom stereocenters. The summed E-state index contributed by atoms with van der Waals surface area (Å²) in [6, 6.07) is -0.521. The predicted octanol–water partition coefficient (Wildman–Crippen LogP) is 2.37. The summed E-state index contributed by atoms with van der Waals surface area (Å²) in [7, 11) is 0. The Morgan fingerprint density at radius 1 is 1.28 bits per heavy atom. The molecule has 1 fully saturated rings. The quantitative estimate of drug-likeness (QED) is 0.531. The monoisotopic (exact) mass is 251 g/mol. The van der Waals surface area contributed by atoms with E-state index in [-0.39, 0.29) is 5.78 Å². The molecule has 0 bridgehead atoms. The summed E-state index contributed by atoms with van der Waals surface area (Å²) >= 11 is 0. The Morgan fingerprint density at radius 3 is 2.50 bits per heavy atom. The molecule has 4 nitrogen and oxygen atoms in total. The molecule has 0 aromatic rings. The molecule has 1 aliphatic rings. The molecule has 100 valence electrons. The van der Waals surface area contributed by atoms with Gasteiger partial charge in [0.05, 0.1) is 0 Å². The van der Waals surface area contributed by atoms with Crippen LogP contribution in [0.1, 0.15) is 46.5 Å². The number of amides is 1. The van der Waals surface area contributed by atoms with Crippen molar-refractivity contribution < 1.29 is 14.3 Å². The lowest BCUT2D eigenvalue weighted by Crippen LogP contribution is -2.46. The molecule has 0 aromatic carbocycles. The third-order valence-corrected chi connectivity index (χ3v) is 2.83. The van der Waals surface area contributed by atoms with Crippen molar-refractivity contribution in [1.82, 2.24) is 4.90 Å². The van der Waals surface area contributed by atoms with E-state index < -0.39 is 17.7 Å². The van der Waals surface area contributed by atoms with Crippen LogP contribution < -0.4 is 0 Å². The van der Waals surface area contributed by atoms with E-state index in [9.17, 15) is 9.59 Å². The topological polar surface area (TPSA) is 46.6 Å². The van der Waals surface area contributed by atoms with E-state index in [0.29, 0.717) is 13.0 Å². The zero-order chi connectivity index (χ0) is 13.8. The summed E-state index contributed by atoms with van der Waals surface area (Å²) in [5.74, 6) is 1.79. The first-order chi connectivity index (χ1) is 8.35. The Kier molecular flexibility index (Phi) is 4.77. The van der Waals surface area contributed by atoms with Crippen LogP contribution in [0, 0.1) is 12.3 Å². The molecule has 18 heavy (non-hydrogen) atoms. The lowest BCUT2D eigenvalue weighted by atomic mass is 10.1. The molecule has 0 N–H and O–H groups in total. The lowest BCUT2D eigenvalue weighted by Gasteiger charge is -2.30. The maximum Gasteiger partial charge on any atom is 0.410 e. The number of terminal acetylenes is 1. The molecule has 4 heteroatoms. The van der Waals surface area contributed by atoms with Crippen LogP contribution in [0.5, 0.6) is 0 Å². The van der Waals surface area contributed by atoms with Gasteiger partial charge >= 0.3 is 6.09 Å². The SMILES string of the molecule is C#CC(=O)C1CCCCCN1C(=O)OC(C)(C)C. The van der Waals surface area contributed by atoms with Crippen LogP contribution in [-0.4, -0.2) is 35.0 Å². The number of Topliss-reactive ketones (excluding diaryl/α,β-unsaturated/α-hetero) is 1. The van der Waals surface area contributed by atoms with Crippen molar-refractivity contribution in [3.8, 4) is 12.3 Å². The molecule has 1 aliphatic heterocycles. The third-order valence-electron chi connectivity index (χ3n) is 2.83. The first-order valence-electron chi connectivity index (χ1n) is 6.35. The van der Waals surface area contributed by atoms with E-state index in [2.05, 4.69) is 5.92 Å². The molecular formula is C14H21NO3. The van der Waals surface area contributed by atoms with Gasteiger partial charge in [-0.05, 0) is 39.5 Å². The van der Waals surface area contributed by atoms with E-state index in [4.69, 9.17) is 11.2 Å². The molecule has 0 radical (unpaired) electrons. The lowest BCUT2D eigenvalue weighted by molar-refractivity contribution is -0.118. The predicted molar refractivity (Wildman–Crippen MR) is 69.0 cm³/mol. The molecule has 0 aliphatic carbocycles. The van der Waals surface area contributed by atoms with Gasteiger partial charge < -0.3 is 4.74 Å². The van der Waals surface area contributed by atoms with Gasteiger partial charge in [-0.2, -0.15) is 0 Å². The van der Waals surface area contributed by atoms with Gasteiger partial charge in [0.1, 0.15) is 11.6 Å². The Labute approximate surface area is 109 Å². The number of rotatable bonds is 1. The summed E-state index contributed by atoms with van der Waals surface area (Å²) in [6.07, 6.45) is 8.15. The third kappa shape index (κ3) is 4.06. The van der Waals surface area contributed by atoms with Crippen LogP contribution in [-0.2, 0) is 9.53 Å². The van der Waals surface area contributed by atoms with Crippen molar-refractivity contribution in [3.63, 3.8) is 0 Å². The maximum atomic E-state index is 12.1. The van der Waals surface area contributed by atoms with Gasteiger partial charge in [0.15, 0.2) is 0 Å². The highest BCUT2D eigenvalue weighted by Gasteiger charge is 2.32. The highest BCUT2D eigenvalue weighted by atomic mass is 16.6. The van der Waals surface area contributed by atoms with Crippen LogP contribution in [0.4, 0.5) is 4.79 Å². The average Bonchev–Trinajstić information content (AvgIpc) is 2.50. The molecule has 1 amide bonds. The van der Waals surface area contributed by atoms with Gasteiger partial charge in [0.2, 0.25) is 5.78 Å². The van der Waals surface area contributed by atoms with Gasteiger partial charge in [0.25, 0.3) is 0 Å². The van der Waals surface area contributed by atoms with Crippen molar-refractivity contribution in [2.75, 3.05) is 6.54 Å². The van der Waals surface area contributed by atoms with Crippen molar-refractivity contribution in [2.45, 2.75) is 58.1 Å². The van der Waals surface area contributed by atoms with Crippen molar-refractivity contribution in [1.29, 1.82) is 0 Å². The number of carbonyl (C=O) groups is 2. The summed E-state index contributed by atoms with van der Waals surface area (Å²) in [5, 5.41) is 0. The van der Waals surface area contributed by atoms with Crippen molar-refractivity contribution >= 4 is 11.9 Å². The van der Waals surface area contributed by atoms with Crippen LogP contribution in [0.3, 0.4) is 0 Å². The first-order valence-corrected chi connectivity index (χ1v) is 6.35. The second kappa shape index (κ2) is 5.90. The Bertz CT molecular complexity index is 362. The fourth-order valence-electron chi connectivity index (χ4n) is 2.02. The Balaban J connectivity index is 2.83. The van der Waals surface area contributed by atoms with E-state index >= 15 is 0 Å². The first kappa shape index (κ1) is 14.6. The summed E-state index contributed by atoms with van der Waals surface area (Å²) in [6.45, 7) is 5.95. The van der Waals surface area contributed by atoms with Crippen LogP contribution >= 0.6 is 0 Å². The number of ketones is 1. The second-order valence-corrected chi connectivity index (χ2v) is 5.55. The summed E-state index contributed by atoms with van der Waals surface area (Å²) in [4.78, 5) is 25.3. The number of ether oxygens (including phenoxy) is 1. The number of hydrogen-bond donors (Lipinski definition) is 0. The van der Waals surface area contributed by atoms with Crippen LogP contribution in [0.25, 0.3) is 0 Å². The number of carbonyl (C=O) groups excluding carboxylic acids is 2. The fourth-order valence-corrected chi connectivity index (χ4v) is 2.02. The van der Waals surface area contributed by atoms with Gasteiger partial charge in [-0.25, -0.2) is 4.79 Å². The standard InChI is InChI=1S/C14H21NO3/c1-5-12(16)11-9-7-6-8-10-15(11)13(17)18-14(2,3)4/h1,11H,6-10H2,2-4H3. The number of nitrogens with zero attached hydrogens (tertiary/aromatic N) is 1. The number of likely N-dealkylation sites (tertiary alicyclic amines) is 1. The van der Waals surface area contributed by atoms with E-state index in [1.807, 2.05) is 0 Å². The minimum absolute atomic E-state index is 0.331. The molecule has 1 rings (SSSR count). The van der Waals surface area contributed by atoms with Gasteiger partial charge in [-0.15, -0.1) is 6.42 Å². The van der Waals surface area contributed by atoms with E-state index in [0.717, 1.165) is 19.3 Å². The smallest absolute Gasteiger partial charge is 0.410 e. The minimum atomic E-state index is -0.562. The molecule has 1 saturated heterocycles. The molecule has 0 aromatic heterocycles. The largest absolute Gasteiger partial charge is 0.444 e. The summed E-state index contributed by atoms with van der Waals surface area (Å²) in [5.41, 5.74) is -0.562. The molecular weight excluding hydrogens is 230 g/mol. The normalized spacial score (nSPS) is 20.8. The highest BCUT2D eigenvalue weighted by Crippen LogP contribution is 2.20. The average molecular weight is 251 g/mol. The highest BCUT2D eigenvalue weighted by molar-refractivity contribution is 6.00. The molecule has 1 atom stereocenters. The van der Waals surface area contributed by atoms with Crippen molar-refractivity contribution in [3.05, 3.63) is 0 Å². The maximum absolute atomic E-state index is 12.1. The fraction of sp³-hybridized carbons (Fsp3) is 0.714. The van der Waals surface area contributed by atoms with Gasteiger partial charge in [-0.3, -0.25) is 9.69 Å². The zero-order valence-corrected chi connectivity index (χ0v) is 11.4. The number of hydrogen-bond acceptors (Lipinski definition) is 3. The molecule has 1 heterocycles. The second-order valence-electron chi connectivity index (χ2n) is 5.55.